The average Bonchev–Trinajstić information content (AvgIpc) is 3.13. The number of fused-ring (bicyclic) bond motifs is 3. The van der Waals surface area contributed by atoms with Crippen molar-refractivity contribution in [1.82, 2.24) is 0 Å². The summed E-state index contributed by atoms with van der Waals surface area (Å²) >= 11 is 0. The van der Waals surface area contributed by atoms with Gasteiger partial charge in [-0.2, -0.15) is 0 Å². The molecule has 0 bridgehead atoms. The number of rotatable bonds is 4. The minimum atomic E-state index is 0.396. The Morgan fingerprint density at radius 2 is 1.80 bits per heavy atom. The summed E-state index contributed by atoms with van der Waals surface area (Å²) in [5.74, 6) is 1.14. The lowest BCUT2D eigenvalue weighted by atomic mass is 9.77. The zero-order valence-electron chi connectivity index (χ0n) is 15.5. The van der Waals surface area contributed by atoms with Gasteiger partial charge in [0.2, 0.25) is 0 Å². The molecule has 0 amide bonds. The van der Waals surface area contributed by atoms with Gasteiger partial charge in [0, 0.05) is 30.4 Å². The molecule has 2 aliphatic rings. The molecule has 25 heavy (non-hydrogen) atoms. The minimum Gasteiger partial charge on any atom is -0.378 e. The lowest BCUT2D eigenvalue weighted by molar-refractivity contribution is 0.425. The van der Waals surface area contributed by atoms with Gasteiger partial charge in [0.05, 0.1) is 6.04 Å². The molecular formula is C23H28N2. The molecule has 1 heterocycles. The lowest BCUT2D eigenvalue weighted by Crippen LogP contribution is -2.29. The number of hydrogen-bond acceptors (Lipinski definition) is 2. The maximum absolute atomic E-state index is 3.85. The van der Waals surface area contributed by atoms with Crippen LogP contribution in [-0.2, 0) is 0 Å². The number of aryl methyl sites for hydroxylation is 1. The molecule has 2 nitrogen and oxygen atoms in total. The fourth-order valence-electron chi connectivity index (χ4n) is 4.47. The highest BCUT2D eigenvalue weighted by Crippen LogP contribution is 2.50. The zero-order chi connectivity index (χ0) is 17.4. The van der Waals surface area contributed by atoms with Crippen molar-refractivity contribution in [1.29, 1.82) is 0 Å². The first-order valence-electron chi connectivity index (χ1n) is 9.60. The Labute approximate surface area is 151 Å². The Kier molecular flexibility index (Phi) is 4.29. The number of benzene rings is 2. The molecule has 130 valence electrons. The number of nitrogens with one attached hydrogen (secondary N) is 1. The summed E-state index contributed by atoms with van der Waals surface area (Å²) in [5.41, 5.74) is 6.84. The fraction of sp³-hybridized carbons (Fsp3) is 0.391. The predicted molar refractivity (Wildman–Crippen MR) is 108 cm³/mol. The maximum atomic E-state index is 3.85. The Morgan fingerprint density at radius 1 is 1.04 bits per heavy atom. The van der Waals surface area contributed by atoms with Crippen LogP contribution in [0.4, 0.5) is 11.4 Å². The van der Waals surface area contributed by atoms with E-state index in [0.717, 1.165) is 19.5 Å². The van der Waals surface area contributed by atoms with Crippen molar-refractivity contribution >= 4 is 11.4 Å². The van der Waals surface area contributed by atoms with Crippen LogP contribution in [0.5, 0.6) is 0 Å². The molecule has 1 N–H and O–H groups in total. The Morgan fingerprint density at radius 3 is 2.52 bits per heavy atom. The SMILES string of the molecule is CCN(CC)c1ccc2c(c1)C1C=CCC1C(c1ccc(C)cc1)N2. The van der Waals surface area contributed by atoms with Gasteiger partial charge in [-0.1, -0.05) is 42.0 Å². The highest BCUT2D eigenvalue weighted by Gasteiger charge is 2.37. The first-order valence-corrected chi connectivity index (χ1v) is 9.60. The largest absolute Gasteiger partial charge is 0.378 e. The van der Waals surface area contributed by atoms with Gasteiger partial charge in [0.15, 0.2) is 0 Å². The van der Waals surface area contributed by atoms with Crippen LogP contribution < -0.4 is 10.2 Å². The Bertz CT molecular complexity index is 771. The van der Waals surface area contributed by atoms with E-state index in [1.54, 1.807) is 0 Å². The quantitative estimate of drug-likeness (QED) is 0.726. The van der Waals surface area contributed by atoms with Gasteiger partial charge in [0.25, 0.3) is 0 Å². The normalized spacial score (nSPS) is 23.7. The van der Waals surface area contributed by atoms with E-state index in [1.165, 1.54) is 28.1 Å². The molecule has 3 atom stereocenters. The molecule has 0 radical (unpaired) electrons. The van der Waals surface area contributed by atoms with E-state index in [1.807, 2.05) is 0 Å². The molecule has 2 aromatic rings. The second-order valence-electron chi connectivity index (χ2n) is 7.33. The number of nitrogens with zero attached hydrogens (tertiary/aromatic N) is 1. The van der Waals surface area contributed by atoms with Crippen LogP contribution in [0.1, 0.15) is 48.9 Å². The second kappa shape index (κ2) is 6.59. The minimum absolute atomic E-state index is 0.396. The van der Waals surface area contributed by atoms with Crippen LogP contribution in [-0.4, -0.2) is 13.1 Å². The van der Waals surface area contributed by atoms with E-state index in [-0.39, 0.29) is 0 Å². The number of anilines is 2. The molecule has 3 unspecified atom stereocenters. The van der Waals surface area contributed by atoms with E-state index < -0.39 is 0 Å². The van der Waals surface area contributed by atoms with Crippen molar-refractivity contribution in [2.45, 2.75) is 39.2 Å². The summed E-state index contributed by atoms with van der Waals surface area (Å²) in [6.07, 6.45) is 5.96. The van der Waals surface area contributed by atoms with Crippen LogP contribution in [0.15, 0.2) is 54.6 Å². The molecule has 2 heteroatoms. The average molecular weight is 332 g/mol. The topological polar surface area (TPSA) is 15.3 Å². The van der Waals surface area contributed by atoms with E-state index in [9.17, 15) is 0 Å². The van der Waals surface area contributed by atoms with Gasteiger partial charge >= 0.3 is 0 Å². The highest BCUT2D eigenvalue weighted by atomic mass is 15.1. The first kappa shape index (κ1) is 16.3. The summed E-state index contributed by atoms with van der Waals surface area (Å²) in [6.45, 7) is 8.72. The van der Waals surface area contributed by atoms with Crippen molar-refractivity contribution < 1.29 is 0 Å². The molecular weight excluding hydrogens is 304 g/mol. The summed E-state index contributed by atoms with van der Waals surface area (Å²) < 4.78 is 0. The summed E-state index contributed by atoms with van der Waals surface area (Å²) in [5, 5.41) is 3.85. The van der Waals surface area contributed by atoms with Crippen molar-refractivity contribution in [3.8, 4) is 0 Å². The fourth-order valence-corrected chi connectivity index (χ4v) is 4.47. The summed E-state index contributed by atoms with van der Waals surface area (Å²) in [4.78, 5) is 2.43. The van der Waals surface area contributed by atoms with Crippen LogP contribution in [0.2, 0.25) is 0 Å². The van der Waals surface area contributed by atoms with Gasteiger partial charge in [-0.15, -0.1) is 0 Å². The summed E-state index contributed by atoms with van der Waals surface area (Å²) in [6, 6.07) is 16.4. The van der Waals surface area contributed by atoms with Gasteiger partial charge in [-0.05, 0) is 62.4 Å². The van der Waals surface area contributed by atoms with Crippen LogP contribution in [0.25, 0.3) is 0 Å². The van der Waals surface area contributed by atoms with Crippen molar-refractivity contribution in [3.63, 3.8) is 0 Å². The third kappa shape index (κ3) is 2.84. The highest BCUT2D eigenvalue weighted by molar-refractivity contribution is 5.66. The number of allylic oxidation sites excluding steroid dienone is 2. The third-order valence-corrected chi connectivity index (χ3v) is 5.91. The van der Waals surface area contributed by atoms with Crippen molar-refractivity contribution in [3.05, 3.63) is 71.3 Å². The van der Waals surface area contributed by atoms with Gasteiger partial charge in [0.1, 0.15) is 0 Å². The van der Waals surface area contributed by atoms with Gasteiger partial charge < -0.3 is 10.2 Å². The van der Waals surface area contributed by atoms with Crippen LogP contribution in [0, 0.1) is 12.8 Å². The van der Waals surface area contributed by atoms with Crippen LogP contribution in [0.3, 0.4) is 0 Å². The maximum Gasteiger partial charge on any atom is 0.0553 e. The van der Waals surface area contributed by atoms with E-state index in [4.69, 9.17) is 0 Å². The lowest BCUT2D eigenvalue weighted by Gasteiger charge is -2.38. The molecule has 0 saturated carbocycles. The Balaban J connectivity index is 1.72. The molecule has 2 aromatic carbocycles. The zero-order valence-corrected chi connectivity index (χ0v) is 15.5. The van der Waals surface area contributed by atoms with Gasteiger partial charge in [-0.25, -0.2) is 0 Å². The van der Waals surface area contributed by atoms with Crippen molar-refractivity contribution in [2.75, 3.05) is 23.3 Å². The monoisotopic (exact) mass is 332 g/mol. The van der Waals surface area contributed by atoms with E-state index in [2.05, 4.69) is 85.6 Å². The molecule has 0 saturated heterocycles. The molecule has 0 aromatic heterocycles. The summed E-state index contributed by atoms with van der Waals surface area (Å²) in [7, 11) is 0. The van der Waals surface area contributed by atoms with E-state index >= 15 is 0 Å². The molecule has 4 rings (SSSR count). The Hall–Kier alpha value is -2.22. The smallest absolute Gasteiger partial charge is 0.0553 e. The number of hydrogen-bond donors (Lipinski definition) is 1. The standard InChI is InChI=1S/C23H28N2/c1-4-25(5-2)18-13-14-22-21(15-18)19-7-6-8-20(19)23(24-22)17-11-9-16(3)10-12-17/h6-7,9-15,19-20,23-24H,4-5,8H2,1-3H3. The van der Waals surface area contributed by atoms with Crippen LogP contribution >= 0.6 is 0 Å². The second-order valence-corrected chi connectivity index (χ2v) is 7.33. The third-order valence-electron chi connectivity index (χ3n) is 5.91. The van der Waals surface area contributed by atoms with Crippen molar-refractivity contribution in [2.24, 2.45) is 5.92 Å². The predicted octanol–water partition coefficient (Wildman–Crippen LogP) is 5.67. The molecule has 1 aliphatic heterocycles. The first-order chi connectivity index (χ1) is 12.2. The molecule has 0 spiro atoms. The molecule has 0 fully saturated rings. The molecule has 1 aliphatic carbocycles. The van der Waals surface area contributed by atoms with Gasteiger partial charge in [-0.3, -0.25) is 0 Å². The van der Waals surface area contributed by atoms with E-state index in [0.29, 0.717) is 17.9 Å².